The van der Waals surface area contributed by atoms with Gasteiger partial charge in [0.1, 0.15) is 17.4 Å². The first-order chi connectivity index (χ1) is 16.9. The van der Waals surface area contributed by atoms with Crippen LogP contribution in [0.25, 0.3) is 10.9 Å². The van der Waals surface area contributed by atoms with Crippen molar-refractivity contribution in [1.82, 2.24) is 9.66 Å². The number of aromatic nitrogens is 2. The minimum atomic E-state index is -0.514. The van der Waals surface area contributed by atoms with E-state index in [4.69, 9.17) is 4.74 Å². The SMILES string of the molecule is CCCc1nc2ccc(Br)cc2c(=O)n1N=Cc1ccc(OCC(=O)Nc2ccccc2F)cc1. The van der Waals surface area contributed by atoms with Crippen molar-refractivity contribution in [3.63, 3.8) is 0 Å². The fourth-order valence-electron chi connectivity index (χ4n) is 3.37. The molecule has 1 amide bonds. The minimum absolute atomic E-state index is 0.0980. The first-order valence-corrected chi connectivity index (χ1v) is 11.8. The van der Waals surface area contributed by atoms with E-state index in [2.05, 4.69) is 31.3 Å². The van der Waals surface area contributed by atoms with Crippen LogP contribution in [-0.2, 0) is 11.2 Å². The Labute approximate surface area is 209 Å². The monoisotopic (exact) mass is 536 g/mol. The van der Waals surface area contributed by atoms with Crippen LogP contribution in [0.15, 0.2) is 81.1 Å². The van der Waals surface area contributed by atoms with Crippen molar-refractivity contribution in [2.45, 2.75) is 19.8 Å². The maximum absolute atomic E-state index is 13.6. The predicted molar refractivity (Wildman–Crippen MR) is 138 cm³/mol. The molecule has 0 unspecified atom stereocenters. The molecule has 35 heavy (non-hydrogen) atoms. The summed E-state index contributed by atoms with van der Waals surface area (Å²) in [4.78, 5) is 29.7. The van der Waals surface area contributed by atoms with Crippen molar-refractivity contribution in [2.24, 2.45) is 5.10 Å². The molecule has 1 heterocycles. The second kappa shape index (κ2) is 11.1. The van der Waals surface area contributed by atoms with Crippen LogP contribution in [0, 0.1) is 5.82 Å². The lowest BCUT2D eigenvalue weighted by atomic mass is 10.2. The molecule has 1 N–H and O–H groups in total. The van der Waals surface area contributed by atoms with E-state index in [0.29, 0.717) is 28.9 Å². The molecule has 0 atom stereocenters. The number of rotatable bonds is 8. The molecule has 9 heteroatoms. The van der Waals surface area contributed by atoms with E-state index >= 15 is 0 Å². The van der Waals surface area contributed by atoms with Crippen LogP contribution < -0.4 is 15.6 Å². The van der Waals surface area contributed by atoms with Crippen LogP contribution in [0.2, 0.25) is 0 Å². The highest BCUT2D eigenvalue weighted by molar-refractivity contribution is 9.10. The minimum Gasteiger partial charge on any atom is -0.484 e. The fourth-order valence-corrected chi connectivity index (χ4v) is 3.73. The van der Waals surface area contributed by atoms with E-state index in [1.165, 1.54) is 16.8 Å². The fraction of sp³-hybridized carbons (Fsp3) is 0.154. The lowest BCUT2D eigenvalue weighted by Crippen LogP contribution is -2.22. The number of nitrogens with zero attached hydrogens (tertiary/aromatic N) is 3. The molecule has 7 nitrogen and oxygen atoms in total. The highest BCUT2D eigenvalue weighted by Crippen LogP contribution is 2.17. The molecule has 0 spiro atoms. The summed E-state index contributed by atoms with van der Waals surface area (Å²) in [6.45, 7) is 1.75. The Morgan fingerprint density at radius 3 is 2.69 bits per heavy atom. The van der Waals surface area contributed by atoms with Gasteiger partial charge in [0.15, 0.2) is 6.61 Å². The maximum atomic E-state index is 13.6. The number of amides is 1. The van der Waals surface area contributed by atoms with Gasteiger partial charge >= 0.3 is 0 Å². The number of halogens is 2. The Bertz CT molecular complexity index is 1450. The van der Waals surface area contributed by atoms with Crippen molar-refractivity contribution in [3.05, 3.63) is 98.8 Å². The number of fused-ring (bicyclic) bond motifs is 1. The lowest BCUT2D eigenvalue weighted by molar-refractivity contribution is -0.118. The summed E-state index contributed by atoms with van der Waals surface area (Å²) in [5.41, 5.74) is 1.23. The summed E-state index contributed by atoms with van der Waals surface area (Å²) in [5.74, 6) is 0.0650. The maximum Gasteiger partial charge on any atom is 0.282 e. The van der Waals surface area contributed by atoms with E-state index < -0.39 is 11.7 Å². The second-order valence-corrected chi connectivity index (χ2v) is 8.60. The van der Waals surface area contributed by atoms with Gasteiger partial charge in [-0.05, 0) is 66.6 Å². The second-order valence-electron chi connectivity index (χ2n) is 7.69. The van der Waals surface area contributed by atoms with Crippen molar-refractivity contribution in [1.29, 1.82) is 0 Å². The zero-order valence-corrected chi connectivity index (χ0v) is 20.5. The van der Waals surface area contributed by atoms with E-state index in [0.717, 1.165) is 16.5 Å². The summed E-state index contributed by atoms with van der Waals surface area (Å²) in [6, 6.07) is 18.2. The molecule has 4 aromatic rings. The average molecular weight is 537 g/mol. The number of carbonyl (C=O) groups excluding carboxylic acids is 1. The number of aryl methyl sites for hydroxylation is 1. The van der Waals surface area contributed by atoms with Crippen LogP contribution >= 0.6 is 15.9 Å². The Hall–Kier alpha value is -3.85. The molecule has 0 fully saturated rings. The summed E-state index contributed by atoms with van der Waals surface area (Å²) in [6.07, 6.45) is 3.00. The number of hydrogen-bond donors (Lipinski definition) is 1. The van der Waals surface area contributed by atoms with Gasteiger partial charge in [0.2, 0.25) is 0 Å². The Kier molecular flexibility index (Phi) is 7.67. The molecular formula is C26H22BrFN4O3. The van der Waals surface area contributed by atoms with Crippen LogP contribution in [0.4, 0.5) is 10.1 Å². The topological polar surface area (TPSA) is 85.6 Å². The Morgan fingerprint density at radius 2 is 1.94 bits per heavy atom. The number of carbonyl (C=O) groups is 1. The van der Waals surface area contributed by atoms with Crippen LogP contribution in [0.5, 0.6) is 5.75 Å². The van der Waals surface area contributed by atoms with Crippen LogP contribution in [-0.4, -0.2) is 28.4 Å². The third-order valence-corrected chi connectivity index (χ3v) is 5.56. The third kappa shape index (κ3) is 5.99. The number of hydrogen-bond acceptors (Lipinski definition) is 5. The van der Waals surface area contributed by atoms with Gasteiger partial charge in [-0.25, -0.2) is 9.37 Å². The zero-order chi connectivity index (χ0) is 24.8. The number of ether oxygens (including phenoxy) is 1. The standard InChI is InChI=1S/C26H22BrFN4O3/c1-2-5-24-30-22-13-10-18(27)14-20(22)26(34)32(24)29-15-17-8-11-19(12-9-17)35-16-25(33)31-23-7-4-3-6-21(23)28/h3-4,6-15H,2,5,16H2,1H3,(H,31,33). The van der Waals surface area contributed by atoms with Crippen LogP contribution in [0.3, 0.4) is 0 Å². The molecule has 1 aromatic heterocycles. The Morgan fingerprint density at radius 1 is 1.17 bits per heavy atom. The van der Waals surface area contributed by atoms with Crippen molar-refractivity contribution < 1.29 is 13.9 Å². The molecular weight excluding hydrogens is 515 g/mol. The first-order valence-electron chi connectivity index (χ1n) is 11.0. The lowest BCUT2D eigenvalue weighted by Gasteiger charge is -2.09. The number of nitrogens with one attached hydrogen (secondary N) is 1. The smallest absolute Gasteiger partial charge is 0.282 e. The van der Waals surface area contributed by atoms with Gasteiger partial charge < -0.3 is 10.1 Å². The summed E-state index contributed by atoms with van der Waals surface area (Å²) in [5, 5.41) is 7.34. The number of benzene rings is 3. The van der Waals surface area contributed by atoms with E-state index in [1.807, 2.05) is 19.1 Å². The van der Waals surface area contributed by atoms with Crippen molar-refractivity contribution in [3.8, 4) is 5.75 Å². The van der Waals surface area contributed by atoms with E-state index in [1.54, 1.807) is 48.7 Å². The van der Waals surface area contributed by atoms with Gasteiger partial charge in [-0.15, -0.1) is 0 Å². The van der Waals surface area contributed by atoms with Gasteiger partial charge in [0.05, 0.1) is 22.8 Å². The van der Waals surface area contributed by atoms with E-state index in [-0.39, 0.29) is 17.9 Å². The predicted octanol–water partition coefficient (Wildman–Crippen LogP) is 5.15. The molecule has 178 valence electrons. The van der Waals surface area contributed by atoms with Crippen molar-refractivity contribution >= 4 is 44.6 Å². The molecule has 0 bridgehead atoms. The number of para-hydroxylation sites is 1. The van der Waals surface area contributed by atoms with Crippen molar-refractivity contribution in [2.75, 3.05) is 11.9 Å². The summed E-state index contributed by atoms with van der Waals surface area (Å²) < 4.78 is 21.2. The molecule has 0 saturated carbocycles. The molecule has 3 aromatic carbocycles. The molecule has 4 rings (SSSR count). The van der Waals surface area contributed by atoms with Gasteiger partial charge in [-0.2, -0.15) is 9.78 Å². The summed E-state index contributed by atoms with van der Waals surface area (Å²) in [7, 11) is 0. The van der Waals surface area contributed by atoms with Gasteiger partial charge in [-0.3, -0.25) is 9.59 Å². The normalized spacial score (nSPS) is 11.2. The largest absolute Gasteiger partial charge is 0.484 e. The van der Waals surface area contributed by atoms with E-state index in [9.17, 15) is 14.0 Å². The first kappa shape index (κ1) is 24.3. The van der Waals surface area contributed by atoms with Gasteiger partial charge in [0, 0.05) is 10.9 Å². The molecule has 0 saturated heterocycles. The average Bonchev–Trinajstić information content (AvgIpc) is 2.85. The van der Waals surface area contributed by atoms with Gasteiger partial charge in [-0.1, -0.05) is 35.0 Å². The molecule has 0 aliphatic rings. The zero-order valence-electron chi connectivity index (χ0n) is 18.9. The molecule has 0 aliphatic heterocycles. The quantitative estimate of drug-likeness (QED) is 0.315. The highest BCUT2D eigenvalue weighted by atomic mass is 79.9. The summed E-state index contributed by atoms with van der Waals surface area (Å²) >= 11 is 3.40. The molecule has 0 radical (unpaired) electrons. The Balaban J connectivity index is 1.46. The molecule has 0 aliphatic carbocycles. The highest BCUT2D eigenvalue weighted by Gasteiger charge is 2.11. The van der Waals surface area contributed by atoms with Crippen LogP contribution in [0.1, 0.15) is 24.7 Å². The number of anilines is 1. The third-order valence-electron chi connectivity index (χ3n) is 5.07. The van der Waals surface area contributed by atoms with Gasteiger partial charge in [0.25, 0.3) is 11.5 Å².